The zero-order valence-corrected chi connectivity index (χ0v) is 15.0. The highest BCUT2D eigenvalue weighted by molar-refractivity contribution is 9.10. The van der Waals surface area contributed by atoms with Crippen molar-refractivity contribution in [3.8, 4) is 17.0 Å². The molecule has 2 heterocycles. The van der Waals surface area contributed by atoms with Crippen molar-refractivity contribution in [1.82, 2.24) is 4.98 Å². The molecule has 120 valence electrons. The van der Waals surface area contributed by atoms with Crippen LogP contribution in [-0.4, -0.2) is 17.5 Å². The van der Waals surface area contributed by atoms with E-state index in [9.17, 15) is 4.79 Å². The van der Waals surface area contributed by atoms with Gasteiger partial charge in [0.15, 0.2) is 0 Å². The van der Waals surface area contributed by atoms with Crippen LogP contribution < -0.4 is 10.1 Å². The van der Waals surface area contributed by atoms with Crippen LogP contribution in [-0.2, 0) is 11.2 Å². The number of aromatic nitrogens is 1. The van der Waals surface area contributed by atoms with Gasteiger partial charge in [-0.05, 0) is 27.4 Å². The van der Waals surface area contributed by atoms with Crippen LogP contribution in [0.1, 0.15) is 37.8 Å². The Labute approximate surface area is 144 Å². The molecule has 4 nitrogen and oxygen atoms in total. The number of hydrogen-bond donors (Lipinski definition) is 1. The summed E-state index contributed by atoms with van der Waals surface area (Å²) in [5, 5.41) is 2.79. The predicted octanol–water partition coefficient (Wildman–Crippen LogP) is 4.53. The summed E-state index contributed by atoms with van der Waals surface area (Å²) < 4.78 is 6.61. The van der Waals surface area contributed by atoms with Gasteiger partial charge in [-0.2, -0.15) is 0 Å². The lowest BCUT2D eigenvalue weighted by Gasteiger charge is -2.14. The van der Waals surface area contributed by atoms with Crippen molar-refractivity contribution >= 4 is 27.7 Å². The summed E-state index contributed by atoms with van der Waals surface area (Å²) in [7, 11) is 0. The zero-order valence-electron chi connectivity index (χ0n) is 13.4. The monoisotopic (exact) mass is 374 g/mol. The number of amides is 1. The van der Waals surface area contributed by atoms with E-state index < -0.39 is 0 Å². The molecular formula is C18H19BrN2O2. The summed E-state index contributed by atoms with van der Waals surface area (Å²) in [6.45, 7) is 6.45. The molecule has 1 aliphatic heterocycles. The van der Waals surface area contributed by atoms with Crippen LogP contribution in [0.2, 0.25) is 0 Å². The third-order valence-electron chi connectivity index (χ3n) is 3.93. The first kappa shape index (κ1) is 16.0. The minimum atomic E-state index is -0.141. The van der Waals surface area contributed by atoms with Crippen molar-refractivity contribution in [2.75, 3.05) is 11.9 Å². The van der Waals surface area contributed by atoms with Gasteiger partial charge in [0, 0.05) is 24.5 Å². The summed E-state index contributed by atoms with van der Waals surface area (Å²) in [5.74, 6) is 1.70. The number of nitrogens with zero attached hydrogens (tertiary/aromatic N) is 1. The number of rotatable bonds is 3. The molecule has 1 N–H and O–H groups in total. The van der Waals surface area contributed by atoms with Crippen molar-refractivity contribution < 1.29 is 9.53 Å². The SMILES string of the molecule is CC(=O)Nc1nc(-c2ccc(C(C)C)cc2)c2c(c1Br)CCO2. The second-order valence-electron chi connectivity index (χ2n) is 5.99. The normalized spacial score (nSPS) is 12.9. The number of halogens is 1. The van der Waals surface area contributed by atoms with Crippen LogP contribution in [0.3, 0.4) is 0 Å². The molecule has 0 radical (unpaired) electrons. The molecular weight excluding hydrogens is 356 g/mol. The number of anilines is 1. The third kappa shape index (κ3) is 3.11. The molecule has 2 aromatic rings. The van der Waals surface area contributed by atoms with Gasteiger partial charge in [-0.3, -0.25) is 4.79 Å². The molecule has 0 saturated heterocycles. The zero-order chi connectivity index (χ0) is 16.6. The van der Waals surface area contributed by atoms with Crippen LogP contribution >= 0.6 is 15.9 Å². The fraction of sp³-hybridized carbons (Fsp3) is 0.333. The molecule has 5 heteroatoms. The average molecular weight is 375 g/mol. The average Bonchev–Trinajstić information content (AvgIpc) is 2.99. The lowest BCUT2D eigenvalue weighted by molar-refractivity contribution is -0.114. The van der Waals surface area contributed by atoms with E-state index in [0.717, 1.165) is 33.5 Å². The number of hydrogen-bond acceptors (Lipinski definition) is 3. The second-order valence-corrected chi connectivity index (χ2v) is 6.78. The Bertz CT molecular complexity index is 755. The van der Waals surface area contributed by atoms with E-state index in [0.29, 0.717) is 18.3 Å². The summed E-state index contributed by atoms with van der Waals surface area (Å²) >= 11 is 3.54. The molecule has 3 rings (SSSR count). The molecule has 0 spiro atoms. The van der Waals surface area contributed by atoms with E-state index in [2.05, 4.69) is 64.3 Å². The summed E-state index contributed by atoms with van der Waals surface area (Å²) in [6.07, 6.45) is 0.808. The van der Waals surface area contributed by atoms with Crippen molar-refractivity contribution in [2.45, 2.75) is 33.1 Å². The van der Waals surface area contributed by atoms with Crippen LogP contribution in [0, 0.1) is 0 Å². The predicted molar refractivity (Wildman–Crippen MR) is 95.0 cm³/mol. The topological polar surface area (TPSA) is 51.2 Å². The molecule has 1 aromatic carbocycles. The van der Waals surface area contributed by atoms with Crippen LogP contribution in [0.25, 0.3) is 11.3 Å². The van der Waals surface area contributed by atoms with Crippen LogP contribution in [0.4, 0.5) is 5.82 Å². The van der Waals surface area contributed by atoms with Crippen molar-refractivity contribution in [3.05, 3.63) is 39.9 Å². The van der Waals surface area contributed by atoms with Gasteiger partial charge in [-0.1, -0.05) is 38.1 Å². The highest BCUT2D eigenvalue weighted by atomic mass is 79.9. The van der Waals surface area contributed by atoms with Crippen LogP contribution in [0.5, 0.6) is 5.75 Å². The Morgan fingerprint density at radius 3 is 2.61 bits per heavy atom. The number of carbonyl (C=O) groups excluding carboxylic acids is 1. The van der Waals surface area contributed by atoms with Crippen molar-refractivity contribution in [3.63, 3.8) is 0 Å². The first-order chi connectivity index (χ1) is 11.0. The summed E-state index contributed by atoms with van der Waals surface area (Å²) in [4.78, 5) is 16.1. The summed E-state index contributed by atoms with van der Waals surface area (Å²) in [5.41, 5.74) is 4.11. The van der Waals surface area contributed by atoms with E-state index in [1.807, 2.05) is 0 Å². The fourth-order valence-corrected chi connectivity index (χ4v) is 3.27. The molecule has 0 unspecified atom stereocenters. The molecule has 0 fully saturated rings. The largest absolute Gasteiger partial charge is 0.491 e. The molecule has 1 aromatic heterocycles. The fourth-order valence-electron chi connectivity index (χ4n) is 2.70. The lowest BCUT2D eigenvalue weighted by atomic mass is 10.00. The van der Waals surface area contributed by atoms with Crippen molar-refractivity contribution in [2.24, 2.45) is 0 Å². The highest BCUT2D eigenvalue weighted by Gasteiger charge is 2.25. The second kappa shape index (κ2) is 6.32. The number of carbonyl (C=O) groups is 1. The molecule has 1 amide bonds. The van der Waals surface area contributed by atoms with E-state index in [4.69, 9.17) is 4.74 Å². The molecule has 23 heavy (non-hydrogen) atoms. The van der Waals surface area contributed by atoms with Gasteiger partial charge in [0.1, 0.15) is 17.3 Å². The minimum absolute atomic E-state index is 0.141. The first-order valence-electron chi connectivity index (χ1n) is 7.70. The van der Waals surface area contributed by atoms with E-state index in [1.165, 1.54) is 12.5 Å². The lowest BCUT2D eigenvalue weighted by Crippen LogP contribution is -2.09. The first-order valence-corrected chi connectivity index (χ1v) is 8.49. The Balaban J connectivity index is 2.11. The highest BCUT2D eigenvalue weighted by Crippen LogP contribution is 2.42. The standard InChI is InChI=1S/C18H19BrN2O2/c1-10(2)12-4-6-13(7-5-12)16-17-14(8-9-23-17)15(19)18(21-16)20-11(3)22/h4-7,10H,8-9H2,1-3H3,(H,20,21,22). The maximum absolute atomic E-state index is 11.4. The number of pyridine rings is 1. The minimum Gasteiger partial charge on any atom is -0.491 e. The van der Waals surface area contributed by atoms with Crippen molar-refractivity contribution in [1.29, 1.82) is 0 Å². The number of nitrogens with one attached hydrogen (secondary N) is 1. The van der Waals surface area contributed by atoms with Gasteiger partial charge in [0.25, 0.3) is 0 Å². The van der Waals surface area contributed by atoms with E-state index >= 15 is 0 Å². The van der Waals surface area contributed by atoms with Gasteiger partial charge in [-0.25, -0.2) is 4.98 Å². The van der Waals surface area contributed by atoms with E-state index in [-0.39, 0.29) is 5.91 Å². The molecule has 0 saturated carbocycles. The van der Waals surface area contributed by atoms with Crippen LogP contribution in [0.15, 0.2) is 28.7 Å². The van der Waals surface area contributed by atoms with Gasteiger partial charge in [0.2, 0.25) is 5.91 Å². The Kier molecular flexibility index (Phi) is 4.39. The van der Waals surface area contributed by atoms with Gasteiger partial charge < -0.3 is 10.1 Å². The molecule has 1 aliphatic rings. The van der Waals surface area contributed by atoms with Gasteiger partial charge in [-0.15, -0.1) is 0 Å². The Morgan fingerprint density at radius 1 is 1.30 bits per heavy atom. The smallest absolute Gasteiger partial charge is 0.222 e. The molecule has 0 atom stereocenters. The van der Waals surface area contributed by atoms with Gasteiger partial charge >= 0.3 is 0 Å². The maximum atomic E-state index is 11.4. The van der Waals surface area contributed by atoms with Gasteiger partial charge in [0.05, 0.1) is 11.1 Å². The summed E-state index contributed by atoms with van der Waals surface area (Å²) in [6, 6.07) is 8.35. The van der Waals surface area contributed by atoms with E-state index in [1.54, 1.807) is 0 Å². The third-order valence-corrected chi connectivity index (χ3v) is 4.78. The molecule has 0 aliphatic carbocycles. The Morgan fingerprint density at radius 2 is 2.00 bits per heavy atom. The number of ether oxygens (including phenoxy) is 1. The maximum Gasteiger partial charge on any atom is 0.222 e. The molecule has 0 bridgehead atoms. The number of fused-ring (bicyclic) bond motifs is 1. The Hall–Kier alpha value is -1.88. The number of benzene rings is 1. The quantitative estimate of drug-likeness (QED) is 0.858.